The Morgan fingerprint density at radius 3 is 1.47 bits per heavy atom. The van der Waals surface area contributed by atoms with Crippen molar-refractivity contribution in [3.63, 3.8) is 0 Å². The molecule has 0 saturated heterocycles. The van der Waals surface area contributed by atoms with Crippen molar-refractivity contribution in [2.24, 2.45) is 11.8 Å². The number of nitrogens with one attached hydrogen (secondary N) is 1. The lowest BCUT2D eigenvalue weighted by atomic mass is 9.62. The van der Waals surface area contributed by atoms with Crippen molar-refractivity contribution in [2.75, 3.05) is 30.4 Å². The lowest BCUT2D eigenvalue weighted by Crippen LogP contribution is -2.63. The molecule has 2 unspecified atom stereocenters. The Balaban J connectivity index is 1.32. The van der Waals surface area contributed by atoms with E-state index in [2.05, 4.69) is 111 Å². The standard InChI is InChI=1S/C43H46N2O2/c1-26(2)18-20-45(21-19-27(3)4)39-17-15-33(35-23-29-11-7-9-13-31(29)25-37(35)39)41-42(46)40(43(41)47)32-14-16-38(44-5)36-24-30-12-8-6-10-28(30)22-34(32)36/h6-17,22-27,40-44H,18-21H2,1-5H3/q-2. The number of nitrogens with zero attached hydrogens (tertiary/aromatic N) is 1. The van der Waals surface area contributed by atoms with Crippen molar-refractivity contribution in [1.29, 1.82) is 0 Å². The maximum atomic E-state index is 14.4. The molecule has 0 aromatic heterocycles. The van der Waals surface area contributed by atoms with Crippen LogP contribution in [0.25, 0.3) is 43.1 Å². The first-order valence-corrected chi connectivity index (χ1v) is 17.4. The van der Waals surface area contributed by atoms with Gasteiger partial charge in [0.25, 0.3) is 0 Å². The Bertz CT molecular complexity index is 2040. The number of fused-ring (bicyclic) bond motifs is 4. The van der Waals surface area contributed by atoms with E-state index in [1.807, 2.05) is 31.3 Å². The highest BCUT2D eigenvalue weighted by Crippen LogP contribution is 2.50. The first-order chi connectivity index (χ1) is 22.7. The number of hydrogen-bond acceptors (Lipinski definition) is 4. The number of benzene rings is 6. The second-order valence-corrected chi connectivity index (χ2v) is 14.4. The van der Waals surface area contributed by atoms with Gasteiger partial charge in [0.2, 0.25) is 0 Å². The third-order valence-corrected chi connectivity index (χ3v) is 10.5. The summed E-state index contributed by atoms with van der Waals surface area (Å²) in [6.45, 7) is 11.1. The zero-order valence-corrected chi connectivity index (χ0v) is 28.3. The van der Waals surface area contributed by atoms with Gasteiger partial charge in [-0.1, -0.05) is 88.4 Å². The van der Waals surface area contributed by atoms with Gasteiger partial charge in [-0.15, -0.1) is 12.2 Å². The minimum absolute atomic E-state index is 0.599. The molecule has 0 heterocycles. The average Bonchev–Trinajstić information content (AvgIpc) is 3.07. The smallest absolute Gasteiger partial charge is 0.0446 e. The highest BCUT2D eigenvalue weighted by atomic mass is 16.3. The first-order valence-electron chi connectivity index (χ1n) is 17.4. The SMILES string of the molecule is CNc1ccc(C2C([O-])C(c3ccc(N(CCC(C)C)CCC(C)C)c4cc5ccccc5cc34)C2[O-])c2cc3ccccc3cc12. The van der Waals surface area contributed by atoms with Gasteiger partial charge in [0, 0.05) is 42.3 Å². The van der Waals surface area contributed by atoms with E-state index in [1.54, 1.807) is 0 Å². The van der Waals surface area contributed by atoms with Gasteiger partial charge in [-0.05, 0) is 116 Å². The van der Waals surface area contributed by atoms with Gasteiger partial charge in [0.05, 0.1) is 0 Å². The van der Waals surface area contributed by atoms with E-state index >= 15 is 0 Å². The Kier molecular flexibility index (Phi) is 8.59. The van der Waals surface area contributed by atoms with Gasteiger partial charge in [-0.2, -0.15) is 0 Å². The molecule has 242 valence electrons. The Morgan fingerprint density at radius 2 is 1.00 bits per heavy atom. The molecule has 1 fully saturated rings. The molecule has 0 amide bonds. The molecule has 4 heteroatoms. The van der Waals surface area contributed by atoms with Crippen molar-refractivity contribution < 1.29 is 10.2 Å². The van der Waals surface area contributed by atoms with E-state index in [0.717, 1.165) is 80.4 Å². The van der Waals surface area contributed by atoms with Crippen molar-refractivity contribution in [3.8, 4) is 0 Å². The Hall–Kier alpha value is -4.12. The monoisotopic (exact) mass is 622 g/mol. The van der Waals surface area contributed by atoms with Crippen molar-refractivity contribution in [3.05, 3.63) is 108 Å². The number of rotatable bonds is 10. The largest absolute Gasteiger partial charge is 0.851 e. The van der Waals surface area contributed by atoms with Gasteiger partial charge >= 0.3 is 0 Å². The van der Waals surface area contributed by atoms with Crippen LogP contribution in [0.15, 0.2) is 97.1 Å². The summed E-state index contributed by atoms with van der Waals surface area (Å²) in [6, 6.07) is 33.9. The number of anilines is 2. The molecule has 0 radical (unpaired) electrons. The van der Waals surface area contributed by atoms with E-state index in [1.165, 1.54) is 11.1 Å². The average molecular weight is 623 g/mol. The molecule has 1 aliphatic rings. The minimum atomic E-state index is -1.02. The summed E-state index contributed by atoms with van der Waals surface area (Å²) in [7, 11) is 1.92. The molecule has 2 atom stereocenters. The van der Waals surface area contributed by atoms with Crippen LogP contribution in [0.3, 0.4) is 0 Å². The van der Waals surface area contributed by atoms with E-state index in [-0.39, 0.29) is 0 Å². The summed E-state index contributed by atoms with van der Waals surface area (Å²) in [5.74, 6) is 0.0114. The molecule has 7 rings (SSSR count). The molecule has 4 nitrogen and oxygen atoms in total. The fraction of sp³-hybridized carbons (Fsp3) is 0.349. The van der Waals surface area contributed by atoms with E-state index < -0.39 is 24.0 Å². The maximum absolute atomic E-state index is 14.4. The van der Waals surface area contributed by atoms with Crippen LogP contribution in [0.2, 0.25) is 0 Å². The Labute approximate surface area is 279 Å². The zero-order valence-electron chi connectivity index (χ0n) is 28.3. The summed E-state index contributed by atoms with van der Waals surface area (Å²) in [5.41, 5.74) is 3.99. The lowest BCUT2D eigenvalue weighted by Gasteiger charge is -2.62. The fourth-order valence-corrected chi connectivity index (χ4v) is 7.73. The molecule has 47 heavy (non-hydrogen) atoms. The third kappa shape index (κ3) is 5.72. The fourth-order valence-electron chi connectivity index (χ4n) is 7.73. The van der Waals surface area contributed by atoms with Gasteiger partial charge < -0.3 is 20.4 Å². The molecule has 0 aliphatic heterocycles. The molecular weight excluding hydrogens is 576 g/mol. The predicted octanol–water partition coefficient (Wildman–Crippen LogP) is 8.58. The minimum Gasteiger partial charge on any atom is -0.851 e. The van der Waals surface area contributed by atoms with Gasteiger partial charge in [-0.3, -0.25) is 0 Å². The van der Waals surface area contributed by atoms with E-state index in [0.29, 0.717) is 11.8 Å². The van der Waals surface area contributed by atoms with Crippen LogP contribution in [-0.4, -0.2) is 32.3 Å². The predicted molar refractivity (Wildman–Crippen MR) is 197 cm³/mol. The van der Waals surface area contributed by atoms with Gasteiger partial charge in [0.1, 0.15) is 0 Å². The van der Waals surface area contributed by atoms with Crippen LogP contribution in [-0.2, 0) is 0 Å². The topological polar surface area (TPSA) is 61.4 Å². The van der Waals surface area contributed by atoms with Gasteiger partial charge in [-0.25, -0.2) is 0 Å². The summed E-state index contributed by atoms with van der Waals surface area (Å²) in [4.78, 5) is 2.54. The maximum Gasteiger partial charge on any atom is 0.0446 e. The van der Waals surface area contributed by atoms with Crippen LogP contribution in [0, 0.1) is 11.8 Å². The second kappa shape index (κ2) is 12.8. The summed E-state index contributed by atoms with van der Waals surface area (Å²) in [5, 5.41) is 40.9. The molecule has 1 aliphatic carbocycles. The molecule has 1 saturated carbocycles. The third-order valence-electron chi connectivity index (χ3n) is 10.5. The van der Waals surface area contributed by atoms with Crippen LogP contribution in [0.5, 0.6) is 0 Å². The summed E-state index contributed by atoms with van der Waals surface area (Å²) in [6.07, 6.45) is 0.178. The second-order valence-electron chi connectivity index (χ2n) is 14.4. The molecule has 0 spiro atoms. The van der Waals surface area contributed by atoms with E-state index in [4.69, 9.17) is 0 Å². The van der Waals surface area contributed by atoms with E-state index in [9.17, 15) is 10.2 Å². The summed E-state index contributed by atoms with van der Waals surface area (Å²) >= 11 is 0. The number of hydrogen-bond donors (Lipinski definition) is 1. The molecule has 6 aromatic carbocycles. The zero-order chi connectivity index (χ0) is 32.8. The van der Waals surface area contributed by atoms with Crippen molar-refractivity contribution in [1.82, 2.24) is 0 Å². The molecule has 1 N–H and O–H groups in total. The highest BCUT2D eigenvalue weighted by molar-refractivity contribution is 6.07. The van der Waals surface area contributed by atoms with Gasteiger partial charge in [0.15, 0.2) is 0 Å². The van der Waals surface area contributed by atoms with Crippen molar-refractivity contribution in [2.45, 2.75) is 64.6 Å². The van der Waals surface area contributed by atoms with Crippen molar-refractivity contribution >= 4 is 54.5 Å². The van der Waals surface area contributed by atoms with Crippen LogP contribution in [0.4, 0.5) is 11.4 Å². The van der Waals surface area contributed by atoms with Crippen LogP contribution >= 0.6 is 0 Å². The van der Waals surface area contributed by atoms with Crippen LogP contribution in [0.1, 0.15) is 63.5 Å². The van der Waals surface area contributed by atoms with Crippen LogP contribution < -0.4 is 20.4 Å². The molecule has 0 bridgehead atoms. The highest BCUT2D eigenvalue weighted by Gasteiger charge is 2.40. The quantitative estimate of drug-likeness (QED) is 0.156. The lowest BCUT2D eigenvalue weighted by molar-refractivity contribution is -0.535. The molecular formula is C43H46N2O2-2. The molecule has 6 aromatic rings. The normalized spacial score (nSPS) is 19.7. The first kappa shape index (κ1) is 31.5. The summed E-state index contributed by atoms with van der Waals surface area (Å²) < 4.78 is 0. The Morgan fingerprint density at radius 1 is 0.574 bits per heavy atom.